The van der Waals surface area contributed by atoms with E-state index in [0.717, 1.165) is 39.3 Å². The zero-order chi connectivity index (χ0) is 14.1. The minimum absolute atomic E-state index is 0.403. The van der Waals surface area contributed by atoms with E-state index in [1.54, 1.807) is 0 Å². The Labute approximate surface area is 122 Å². The Bertz CT molecular complexity index is 408. The lowest BCUT2D eigenvalue weighted by Crippen LogP contribution is -2.44. The maximum absolute atomic E-state index is 5.44. The Hall–Kier alpha value is -0.860. The molecule has 0 saturated carbocycles. The fourth-order valence-corrected chi connectivity index (χ4v) is 3.36. The Balaban J connectivity index is 1.69. The monoisotopic (exact) mass is 274 g/mol. The second kappa shape index (κ2) is 5.50. The van der Waals surface area contributed by atoms with Gasteiger partial charge in [0.05, 0.1) is 26.4 Å². The third-order valence-electron chi connectivity index (χ3n) is 5.28. The van der Waals surface area contributed by atoms with E-state index in [2.05, 4.69) is 38.1 Å². The van der Waals surface area contributed by atoms with Crippen molar-refractivity contribution < 1.29 is 9.47 Å². The lowest BCUT2D eigenvalue weighted by atomic mass is 9.75. The smallest absolute Gasteiger partial charge is 0.0547 e. The molecular weight excluding hydrogens is 248 g/mol. The summed E-state index contributed by atoms with van der Waals surface area (Å²) in [6.07, 6.45) is 4.74. The largest absolute Gasteiger partial charge is 0.380 e. The lowest BCUT2D eigenvalue weighted by molar-refractivity contribution is -0.115. The molecule has 3 rings (SSSR count). The highest BCUT2D eigenvalue weighted by atomic mass is 16.5. The fourth-order valence-electron chi connectivity index (χ4n) is 3.36. The second-order valence-corrected chi connectivity index (χ2v) is 6.87. The second-order valence-electron chi connectivity index (χ2n) is 6.87. The van der Waals surface area contributed by atoms with Crippen LogP contribution in [0.1, 0.15) is 37.8 Å². The summed E-state index contributed by atoms with van der Waals surface area (Å²) in [5, 5.41) is 0. The predicted octanol–water partition coefficient (Wildman–Crippen LogP) is 3.62. The molecule has 0 aliphatic carbocycles. The van der Waals surface area contributed by atoms with E-state index in [1.807, 2.05) is 0 Å². The maximum Gasteiger partial charge on any atom is 0.0547 e. The number of hydrogen-bond donors (Lipinski definition) is 0. The molecule has 2 heteroatoms. The first-order valence-corrected chi connectivity index (χ1v) is 7.93. The van der Waals surface area contributed by atoms with E-state index in [-0.39, 0.29) is 0 Å². The van der Waals surface area contributed by atoms with Gasteiger partial charge in [-0.1, -0.05) is 38.1 Å². The van der Waals surface area contributed by atoms with Crippen molar-refractivity contribution >= 4 is 0 Å². The third-order valence-corrected chi connectivity index (χ3v) is 5.28. The molecule has 1 aromatic carbocycles. The van der Waals surface area contributed by atoms with E-state index < -0.39 is 0 Å². The molecule has 0 bridgehead atoms. The molecule has 0 spiro atoms. The van der Waals surface area contributed by atoms with E-state index in [9.17, 15) is 0 Å². The van der Waals surface area contributed by atoms with Gasteiger partial charge in [-0.2, -0.15) is 0 Å². The predicted molar refractivity (Wildman–Crippen MR) is 80.9 cm³/mol. The Kier molecular flexibility index (Phi) is 3.87. The van der Waals surface area contributed by atoms with E-state index in [0.29, 0.717) is 10.8 Å². The van der Waals surface area contributed by atoms with Gasteiger partial charge in [0.1, 0.15) is 0 Å². The molecule has 0 unspecified atom stereocenters. The topological polar surface area (TPSA) is 18.5 Å². The highest BCUT2D eigenvalue weighted by molar-refractivity contribution is 5.26. The van der Waals surface area contributed by atoms with Crippen LogP contribution in [0, 0.1) is 10.8 Å². The van der Waals surface area contributed by atoms with Crippen molar-refractivity contribution in [2.75, 3.05) is 26.4 Å². The molecule has 1 aromatic rings. The molecule has 0 atom stereocenters. The molecule has 0 radical (unpaired) electrons. The summed E-state index contributed by atoms with van der Waals surface area (Å²) >= 11 is 0. The van der Waals surface area contributed by atoms with Crippen LogP contribution in [-0.4, -0.2) is 26.4 Å². The lowest BCUT2D eigenvalue weighted by Gasteiger charge is -2.42. The molecule has 2 nitrogen and oxygen atoms in total. The quantitative estimate of drug-likeness (QED) is 0.788. The number of hydrogen-bond acceptors (Lipinski definition) is 2. The van der Waals surface area contributed by atoms with Crippen molar-refractivity contribution in [1.29, 1.82) is 0 Å². The maximum atomic E-state index is 5.44. The van der Waals surface area contributed by atoms with E-state index >= 15 is 0 Å². The van der Waals surface area contributed by atoms with Crippen molar-refractivity contribution in [1.82, 2.24) is 0 Å². The molecule has 0 amide bonds. The number of benzene rings is 1. The van der Waals surface area contributed by atoms with Crippen molar-refractivity contribution in [2.45, 2.75) is 39.5 Å². The van der Waals surface area contributed by atoms with Crippen molar-refractivity contribution in [3.63, 3.8) is 0 Å². The molecule has 2 heterocycles. The van der Waals surface area contributed by atoms with Crippen LogP contribution in [0.4, 0.5) is 0 Å². The van der Waals surface area contributed by atoms with Gasteiger partial charge in [-0.25, -0.2) is 0 Å². The molecule has 0 N–H and O–H groups in total. The highest BCUT2D eigenvalue weighted by Crippen LogP contribution is 2.37. The minimum atomic E-state index is 0.403. The normalized spacial score (nSPS) is 22.9. The summed E-state index contributed by atoms with van der Waals surface area (Å²) in [6, 6.07) is 9.17. The molecule has 110 valence electrons. The van der Waals surface area contributed by atoms with Gasteiger partial charge in [0.2, 0.25) is 0 Å². The summed E-state index contributed by atoms with van der Waals surface area (Å²) in [5.74, 6) is 0. The Morgan fingerprint density at radius 2 is 1.30 bits per heavy atom. The third kappa shape index (κ3) is 2.64. The summed E-state index contributed by atoms with van der Waals surface area (Å²) in [6.45, 7) is 8.29. The van der Waals surface area contributed by atoms with Crippen LogP contribution in [0.2, 0.25) is 0 Å². The highest BCUT2D eigenvalue weighted by Gasteiger charge is 2.38. The van der Waals surface area contributed by atoms with Crippen LogP contribution in [0.25, 0.3) is 0 Å². The number of rotatable bonds is 6. The van der Waals surface area contributed by atoms with Gasteiger partial charge in [0.15, 0.2) is 0 Å². The first kappa shape index (κ1) is 14.1. The van der Waals surface area contributed by atoms with Gasteiger partial charge in [-0.3, -0.25) is 0 Å². The Morgan fingerprint density at radius 3 is 1.60 bits per heavy atom. The van der Waals surface area contributed by atoms with Crippen LogP contribution in [0.5, 0.6) is 0 Å². The molecule has 2 fully saturated rings. The van der Waals surface area contributed by atoms with E-state index in [4.69, 9.17) is 9.47 Å². The van der Waals surface area contributed by atoms with Gasteiger partial charge < -0.3 is 9.47 Å². The van der Waals surface area contributed by atoms with Crippen LogP contribution in [0.3, 0.4) is 0 Å². The minimum Gasteiger partial charge on any atom is -0.380 e. The summed E-state index contributed by atoms with van der Waals surface area (Å²) in [5.41, 5.74) is 3.75. The van der Waals surface area contributed by atoms with Gasteiger partial charge in [-0.15, -0.1) is 0 Å². The molecule has 2 aliphatic heterocycles. The van der Waals surface area contributed by atoms with Gasteiger partial charge in [0, 0.05) is 10.8 Å². The van der Waals surface area contributed by atoms with Gasteiger partial charge in [-0.05, 0) is 36.8 Å². The molecule has 2 aliphatic rings. The van der Waals surface area contributed by atoms with Crippen molar-refractivity contribution in [3.8, 4) is 0 Å². The van der Waals surface area contributed by atoms with Crippen LogP contribution in [-0.2, 0) is 22.3 Å². The standard InChI is InChI=1S/C18H26O2/c1-3-17(11-19-12-17)9-15-6-5-7-16(8-15)10-18(4-2)13-20-14-18/h5-8H,3-4,9-14H2,1-2H3. The van der Waals surface area contributed by atoms with Crippen LogP contribution >= 0.6 is 0 Å². The van der Waals surface area contributed by atoms with Crippen molar-refractivity contribution in [2.24, 2.45) is 10.8 Å². The zero-order valence-corrected chi connectivity index (χ0v) is 12.8. The average molecular weight is 274 g/mol. The number of ether oxygens (including phenoxy) is 2. The molecular formula is C18H26O2. The Morgan fingerprint density at radius 1 is 0.850 bits per heavy atom. The SMILES string of the molecule is CCC1(Cc2cccc(CC3(CC)COC3)c2)COC1. The summed E-state index contributed by atoms with van der Waals surface area (Å²) < 4.78 is 10.9. The van der Waals surface area contributed by atoms with Gasteiger partial charge in [0.25, 0.3) is 0 Å². The first-order chi connectivity index (χ1) is 9.69. The fraction of sp³-hybridized carbons (Fsp3) is 0.667. The first-order valence-electron chi connectivity index (χ1n) is 7.93. The molecule has 20 heavy (non-hydrogen) atoms. The van der Waals surface area contributed by atoms with Crippen LogP contribution in [0.15, 0.2) is 24.3 Å². The summed E-state index contributed by atoms with van der Waals surface area (Å²) in [7, 11) is 0. The van der Waals surface area contributed by atoms with E-state index in [1.165, 1.54) is 24.0 Å². The molecule has 0 aromatic heterocycles. The zero-order valence-electron chi connectivity index (χ0n) is 12.8. The molecule has 2 saturated heterocycles. The summed E-state index contributed by atoms with van der Waals surface area (Å²) in [4.78, 5) is 0. The van der Waals surface area contributed by atoms with Gasteiger partial charge >= 0.3 is 0 Å². The van der Waals surface area contributed by atoms with Crippen LogP contribution < -0.4 is 0 Å². The average Bonchev–Trinajstić information content (AvgIpc) is 2.39. The van der Waals surface area contributed by atoms with Crippen molar-refractivity contribution in [3.05, 3.63) is 35.4 Å².